The summed E-state index contributed by atoms with van der Waals surface area (Å²) in [5, 5.41) is 0. The molecule has 0 aliphatic heterocycles. The van der Waals surface area contributed by atoms with Gasteiger partial charge in [-0.2, -0.15) is 0 Å². The van der Waals surface area contributed by atoms with E-state index >= 15 is 0 Å². The SMILES string of the molecule is COC(=O)C/N=C/CC(C)(C)C. The van der Waals surface area contributed by atoms with E-state index in [1.165, 1.54) is 7.11 Å². The van der Waals surface area contributed by atoms with Crippen LogP contribution in [-0.4, -0.2) is 25.8 Å². The Morgan fingerprint density at radius 1 is 1.50 bits per heavy atom. The summed E-state index contributed by atoms with van der Waals surface area (Å²) in [4.78, 5) is 14.5. The lowest BCUT2D eigenvalue weighted by molar-refractivity contribution is -0.138. The number of carbonyl (C=O) groups is 1. The molecule has 70 valence electrons. The summed E-state index contributed by atoms with van der Waals surface area (Å²) in [5.41, 5.74) is 0.236. The van der Waals surface area contributed by atoms with Crippen LogP contribution in [0.3, 0.4) is 0 Å². The topological polar surface area (TPSA) is 38.7 Å². The number of methoxy groups -OCH3 is 1. The van der Waals surface area contributed by atoms with E-state index in [4.69, 9.17) is 0 Å². The predicted molar refractivity (Wildman–Crippen MR) is 49.4 cm³/mol. The van der Waals surface area contributed by atoms with Crippen molar-refractivity contribution in [3.05, 3.63) is 0 Å². The van der Waals surface area contributed by atoms with Crippen molar-refractivity contribution in [2.75, 3.05) is 13.7 Å². The van der Waals surface area contributed by atoms with E-state index in [-0.39, 0.29) is 17.9 Å². The van der Waals surface area contributed by atoms with Crippen LogP contribution in [0, 0.1) is 5.41 Å². The molecule has 0 atom stereocenters. The number of carbonyl (C=O) groups excluding carboxylic acids is 1. The summed E-state index contributed by atoms with van der Waals surface area (Å²) in [6, 6.07) is 0. The lowest BCUT2D eigenvalue weighted by atomic mass is 9.93. The van der Waals surface area contributed by atoms with Gasteiger partial charge < -0.3 is 4.74 Å². The van der Waals surface area contributed by atoms with Crippen LogP contribution in [0.2, 0.25) is 0 Å². The molecule has 3 nitrogen and oxygen atoms in total. The van der Waals surface area contributed by atoms with Crippen LogP contribution in [0.5, 0.6) is 0 Å². The second-order valence-corrected chi connectivity index (χ2v) is 3.86. The van der Waals surface area contributed by atoms with Crippen LogP contribution in [0.4, 0.5) is 0 Å². The number of esters is 1. The molecule has 0 bridgehead atoms. The molecule has 0 amide bonds. The summed E-state index contributed by atoms with van der Waals surface area (Å²) in [6.07, 6.45) is 2.65. The Labute approximate surface area is 73.8 Å². The average molecular weight is 171 g/mol. The van der Waals surface area contributed by atoms with Crippen LogP contribution < -0.4 is 0 Å². The highest BCUT2D eigenvalue weighted by molar-refractivity contribution is 5.73. The Morgan fingerprint density at radius 2 is 2.08 bits per heavy atom. The number of ether oxygens (including phenoxy) is 1. The molecule has 3 heteroatoms. The minimum atomic E-state index is -0.292. The molecule has 0 aliphatic rings. The molecule has 0 N–H and O–H groups in total. The van der Waals surface area contributed by atoms with Gasteiger partial charge in [-0.05, 0) is 18.1 Å². The van der Waals surface area contributed by atoms with Gasteiger partial charge >= 0.3 is 5.97 Å². The summed E-state index contributed by atoms with van der Waals surface area (Å²) < 4.78 is 4.43. The average Bonchev–Trinajstić information content (AvgIpc) is 1.96. The Kier molecular flexibility index (Phi) is 4.55. The first-order valence-corrected chi connectivity index (χ1v) is 4.01. The maximum atomic E-state index is 10.6. The van der Waals surface area contributed by atoms with Gasteiger partial charge in [0.1, 0.15) is 6.54 Å². The maximum Gasteiger partial charge on any atom is 0.327 e. The minimum absolute atomic E-state index is 0.132. The highest BCUT2D eigenvalue weighted by atomic mass is 16.5. The van der Waals surface area contributed by atoms with E-state index in [1.807, 2.05) is 0 Å². The van der Waals surface area contributed by atoms with Gasteiger partial charge in [0.25, 0.3) is 0 Å². The molecule has 0 aromatic rings. The molecular weight excluding hydrogens is 154 g/mol. The predicted octanol–water partition coefficient (Wildman–Crippen LogP) is 1.67. The molecule has 0 saturated carbocycles. The number of hydrogen-bond donors (Lipinski definition) is 0. The maximum absolute atomic E-state index is 10.6. The number of rotatable bonds is 3. The van der Waals surface area contributed by atoms with E-state index in [2.05, 4.69) is 30.5 Å². The van der Waals surface area contributed by atoms with Crippen molar-refractivity contribution in [3.63, 3.8) is 0 Å². The first-order chi connectivity index (χ1) is 5.45. The normalized spacial score (nSPS) is 12.0. The monoisotopic (exact) mass is 171 g/mol. The largest absolute Gasteiger partial charge is 0.468 e. The van der Waals surface area contributed by atoms with Gasteiger partial charge in [0.2, 0.25) is 0 Å². The molecule has 12 heavy (non-hydrogen) atoms. The van der Waals surface area contributed by atoms with Gasteiger partial charge in [-0.25, -0.2) is 0 Å². The Balaban J connectivity index is 3.58. The zero-order valence-electron chi connectivity index (χ0n) is 8.26. The lowest BCUT2D eigenvalue weighted by Crippen LogP contribution is -2.07. The lowest BCUT2D eigenvalue weighted by Gasteiger charge is -2.13. The molecule has 0 aromatic carbocycles. The van der Waals surface area contributed by atoms with E-state index in [0.29, 0.717) is 0 Å². The van der Waals surface area contributed by atoms with Crippen molar-refractivity contribution in [3.8, 4) is 0 Å². The van der Waals surface area contributed by atoms with Crippen LogP contribution in [-0.2, 0) is 9.53 Å². The molecule has 0 saturated heterocycles. The quantitative estimate of drug-likeness (QED) is 0.478. The Morgan fingerprint density at radius 3 is 2.50 bits per heavy atom. The molecular formula is C9H17NO2. The molecule has 0 aromatic heterocycles. The third-order valence-electron chi connectivity index (χ3n) is 1.28. The second-order valence-electron chi connectivity index (χ2n) is 3.86. The molecule has 0 aliphatic carbocycles. The standard InChI is InChI=1S/C9H17NO2/c1-9(2,3)5-6-10-7-8(11)12-4/h6H,5,7H2,1-4H3/b10-6+. The van der Waals surface area contributed by atoms with E-state index in [1.54, 1.807) is 6.21 Å². The first kappa shape index (κ1) is 11.1. The Bertz CT molecular complexity index is 168. The molecule has 0 radical (unpaired) electrons. The molecule has 0 fully saturated rings. The van der Waals surface area contributed by atoms with Crippen molar-refractivity contribution in [2.24, 2.45) is 10.4 Å². The molecule has 0 spiro atoms. The summed E-state index contributed by atoms with van der Waals surface area (Å²) in [7, 11) is 1.36. The fraction of sp³-hybridized carbons (Fsp3) is 0.778. The number of aliphatic imine (C=N–C) groups is 1. The molecule has 0 heterocycles. The molecule has 0 unspecified atom stereocenters. The van der Waals surface area contributed by atoms with Gasteiger partial charge in [-0.15, -0.1) is 0 Å². The fourth-order valence-corrected chi connectivity index (χ4v) is 0.542. The summed E-state index contributed by atoms with van der Waals surface area (Å²) >= 11 is 0. The zero-order chi connectivity index (χ0) is 9.61. The van der Waals surface area contributed by atoms with Crippen LogP contribution >= 0.6 is 0 Å². The van der Waals surface area contributed by atoms with E-state index in [0.717, 1.165) is 6.42 Å². The molecule has 0 rings (SSSR count). The van der Waals surface area contributed by atoms with Gasteiger partial charge in [-0.1, -0.05) is 20.8 Å². The number of nitrogens with zero attached hydrogens (tertiary/aromatic N) is 1. The summed E-state index contributed by atoms with van der Waals surface area (Å²) in [5.74, 6) is -0.292. The fourth-order valence-electron chi connectivity index (χ4n) is 0.542. The summed E-state index contributed by atoms with van der Waals surface area (Å²) in [6.45, 7) is 6.50. The van der Waals surface area contributed by atoms with Crippen LogP contribution in [0.15, 0.2) is 4.99 Å². The van der Waals surface area contributed by atoms with E-state index < -0.39 is 0 Å². The van der Waals surface area contributed by atoms with Crippen molar-refractivity contribution < 1.29 is 9.53 Å². The first-order valence-electron chi connectivity index (χ1n) is 4.01. The highest BCUT2D eigenvalue weighted by Gasteiger charge is 2.06. The van der Waals surface area contributed by atoms with Crippen LogP contribution in [0.1, 0.15) is 27.2 Å². The van der Waals surface area contributed by atoms with Crippen molar-refractivity contribution in [1.29, 1.82) is 0 Å². The zero-order valence-corrected chi connectivity index (χ0v) is 8.26. The van der Waals surface area contributed by atoms with Crippen molar-refractivity contribution >= 4 is 12.2 Å². The van der Waals surface area contributed by atoms with Gasteiger partial charge in [0.05, 0.1) is 7.11 Å². The minimum Gasteiger partial charge on any atom is -0.468 e. The van der Waals surface area contributed by atoms with Gasteiger partial charge in [0.15, 0.2) is 0 Å². The van der Waals surface area contributed by atoms with Crippen LogP contribution in [0.25, 0.3) is 0 Å². The van der Waals surface area contributed by atoms with Crippen molar-refractivity contribution in [1.82, 2.24) is 0 Å². The van der Waals surface area contributed by atoms with Gasteiger partial charge in [0, 0.05) is 0 Å². The van der Waals surface area contributed by atoms with Crippen molar-refractivity contribution in [2.45, 2.75) is 27.2 Å². The highest BCUT2D eigenvalue weighted by Crippen LogP contribution is 2.15. The third kappa shape index (κ3) is 7.25. The number of hydrogen-bond acceptors (Lipinski definition) is 3. The Hall–Kier alpha value is -0.860. The smallest absolute Gasteiger partial charge is 0.327 e. The third-order valence-corrected chi connectivity index (χ3v) is 1.28. The van der Waals surface area contributed by atoms with Gasteiger partial charge in [-0.3, -0.25) is 9.79 Å². The van der Waals surface area contributed by atoms with E-state index in [9.17, 15) is 4.79 Å². The second kappa shape index (κ2) is 4.91.